The molecule has 0 spiro atoms. The van der Waals surface area contributed by atoms with Crippen LogP contribution in [-0.4, -0.2) is 10.9 Å². The van der Waals surface area contributed by atoms with Gasteiger partial charge in [-0.25, -0.2) is 0 Å². The normalized spacial score (nSPS) is 10.8. The number of nitrogens with one attached hydrogen (secondary N) is 2. The molecule has 0 radical (unpaired) electrons. The van der Waals surface area contributed by atoms with Crippen molar-refractivity contribution in [3.8, 4) is 0 Å². The Balaban J connectivity index is 1.92. The number of benzene rings is 2. The van der Waals surface area contributed by atoms with Crippen molar-refractivity contribution < 1.29 is 4.79 Å². The summed E-state index contributed by atoms with van der Waals surface area (Å²) in [5.41, 5.74) is 4.04. The fourth-order valence-electron chi connectivity index (χ4n) is 2.79. The van der Waals surface area contributed by atoms with Crippen LogP contribution in [0.1, 0.15) is 34.8 Å². The van der Waals surface area contributed by atoms with Crippen molar-refractivity contribution >= 4 is 22.5 Å². The molecule has 1 heterocycles. The lowest BCUT2D eigenvalue weighted by molar-refractivity contribution is 0.102. The van der Waals surface area contributed by atoms with E-state index in [9.17, 15) is 9.59 Å². The number of aryl methyl sites for hydroxylation is 2. The topological polar surface area (TPSA) is 62.0 Å². The number of aromatic amines is 1. The van der Waals surface area contributed by atoms with Gasteiger partial charge in [0.05, 0.1) is 5.52 Å². The standard InChI is InChI=1S/C20H20N2O2/c1-3-4-15-11-19(23)22-18-12-16(9-10-17(15)18)21-20(24)14-7-5-13(2)6-8-14/h5-12H,3-4H2,1-2H3,(H,21,24)(H,22,23). The SMILES string of the molecule is CCCc1cc(=O)[nH]c2cc(NC(=O)c3ccc(C)cc3)ccc12. The molecule has 122 valence electrons. The van der Waals surface area contributed by atoms with Crippen LogP contribution in [0.2, 0.25) is 0 Å². The van der Waals surface area contributed by atoms with Crippen LogP contribution in [0.25, 0.3) is 10.9 Å². The molecule has 0 aliphatic heterocycles. The van der Waals surface area contributed by atoms with Crippen LogP contribution < -0.4 is 10.9 Å². The van der Waals surface area contributed by atoms with Gasteiger partial charge in [-0.3, -0.25) is 9.59 Å². The molecule has 24 heavy (non-hydrogen) atoms. The largest absolute Gasteiger partial charge is 0.322 e. The molecule has 2 aromatic carbocycles. The Hall–Kier alpha value is -2.88. The number of pyridine rings is 1. The van der Waals surface area contributed by atoms with Crippen LogP contribution in [0.15, 0.2) is 53.3 Å². The van der Waals surface area contributed by atoms with E-state index in [0.717, 1.165) is 34.9 Å². The molecule has 3 rings (SSSR count). The second-order valence-electron chi connectivity index (χ2n) is 5.99. The number of amides is 1. The first kappa shape index (κ1) is 16.0. The minimum absolute atomic E-state index is 0.118. The van der Waals surface area contributed by atoms with Gasteiger partial charge in [0.15, 0.2) is 0 Å². The number of anilines is 1. The highest BCUT2D eigenvalue weighted by Crippen LogP contribution is 2.21. The summed E-state index contributed by atoms with van der Waals surface area (Å²) in [5.74, 6) is -0.165. The molecule has 3 aromatic rings. The van der Waals surface area contributed by atoms with E-state index in [0.29, 0.717) is 11.3 Å². The Labute approximate surface area is 140 Å². The van der Waals surface area contributed by atoms with Crippen molar-refractivity contribution in [1.29, 1.82) is 0 Å². The average molecular weight is 320 g/mol. The number of rotatable bonds is 4. The predicted octanol–water partition coefficient (Wildman–Crippen LogP) is 4.04. The van der Waals surface area contributed by atoms with Gasteiger partial charge in [-0.05, 0) is 43.2 Å². The van der Waals surface area contributed by atoms with Crippen molar-refractivity contribution in [1.82, 2.24) is 4.98 Å². The fourth-order valence-corrected chi connectivity index (χ4v) is 2.79. The fraction of sp³-hybridized carbons (Fsp3) is 0.200. The summed E-state index contributed by atoms with van der Waals surface area (Å²) in [5, 5.41) is 3.90. The third-order valence-corrected chi connectivity index (χ3v) is 4.02. The van der Waals surface area contributed by atoms with Gasteiger partial charge in [0.1, 0.15) is 0 Å². The zero-order chi connectivity index (χ0) is 17.1. The lowest BCUT2D eigenvalue weighted by Gasteiger charge is -2.09. The first-order valence-electron chi connectivity index (χ1n) is 8.11. The van der Waals surface area contributed by atoms with Crippen LogP contribution >= 0.6 is 0 Å². The zero-order valence-electron chi connectivity index (χ0n) is 13.8. The number of aromatic nitrogens is 1. The second-order valence-corrected chi connectivity index (χ2v) is 5.99. The summed E-state index contributed by atoms with van der Waals surface area (Å²) in [4.78, 5) is 27.0. The maximum Gasteiger partial charge on any atom is 0.255 e. The summed E-state index contributed by atoms with van der Waals surface area (Å²) in [6, 6.07) is 14.7. The average Bonchev–Trinajstić information content (AvgIpc) is 2.55. The van der Waals surface area contributed by atoms with Crippen molar-refractivity contribution in [2.75, 3.05) is 5.32 Å². The van der Waals surface area contributed by atoms with E-state index in [1.165, 1.54) is 0 Å². The molecule has 0 fully saturated rings. The first-order chi connectivity index (χ1) is 11.6. The molecule has 0 saturated carbocycles. The third-order valence-electron chi connectivity index (χ3n) is 4.02. The number of carbonyl (C=O) groups is 1. The first-order valence-corrected chi connectivity index (χ1v) is 8.11. The Morgan fingerprint density at radius 3 is 2.54 bits per heavy atom. The van der Waals surface area contributed by atoms with E-state index in [-0.39, 0.29) is 11.5 Å². The molecule has 2 N–H and O–H groups in total. The maximum atomic E-state index is 12.3. The van der Waals surface area contributed by atoms with Gasteiger partial charge in [0.25, 0.3) is 5.91 Å². The van der Waals surface area contributed by atoms with E-state index in [1.54, 1.807) is 18.2 Å². The number of hydrogen-bond acceptors (Lipinski definition) is 2. The predicted molar refractivity (Wildman–Crippen MR) is 97.7 cm³/mol. The van der Waals surface area contributed by atoms with E-state index in [4.69, 9.17) is 0 Å². The lowest BCUT2D eigenvalue weighted by atomic mass is 10.0. The highest BCUT2D eigenvalue weighted by atomic mass is 16.1. The molecular weight excluding hydrogens is 300 g/mol. The van der Waals surface area contributed by atoms with Crippen LogP contribution in [0, 0.1) is 6.92 Å². The van der Waals surface area contributed by atoms with Gasteiger partial charge in [-0.1, -0.05) is 37.1 Å². The van der Waals surface area contributed by atoms with Crippen LogP contribution in [-0.2, 0) is 6.42 Å². The summed E-state index contributed by atoms with van der Waals surface area (Å²) < 4.78 is 0. The van der Waals surface area contributed by atoms with Gasteiger partial charge in [-0.2, -0.15) is 0 Å². The summed E-state index contributed by atoms with van der Waals surface area (Å²) >= 11 is 0. The van der Waals surface area contributed by atoms with E-state index < -0.39 is 0 Å². The molecule has 0 atom stereocenters. The monoisotopic (exact) mass is 320 g/mol. The highest BCUT2D eigenvalue weighted by molar-refractivity contribution is 6.05. The minimum atomic E-state index is -0.165. The molecule has 0 aliphatic rings. The third kappa shape index (κ3) is 3.38. The number of H-pyrrole nitrogens is 1. The molecule has 0 aliphatic carbocycles. The van der Waals surface area contributed by atoms with E-state index in [1.807, 2.05) is 37.3 Å². The quantitative estimate of drug-likeness (QED) is 0.762. The summed E-state index contributed by atoms with van der Waals surface area (Å²) in [6.45, 7) is 4.07. The van der Waals surface area contributed by atoms with Gasteiger partial charge in [-0.15, -0.1) is 0 Å². The highest BCUT2D eigenvalue weighted by Gasteiger charge is 2.08. The Morgan fingerprint density at radius 2 is 1.83 bits per heavy atom. The summed E-state index contributed by atoms with van der Waals surface area (Å²) in [6.07, 6.45) is 1.83. The molecule has 0 bridgehead atoms. The Morgan fingerprint density at radius 1 is 1.08 bits per heavy atom. The van der Waals surface area contributed by atoms with Crippen molar-refractivity contribution in [2.24, 2.45) is 0 Å². The van der Waals surface area contributed by atoms with Crippen molar-refractivity contribution in [3.63, 3.8) is 0 Å². The molecule has 1 amide bonds. The smallest absolute Gasteiger partial charge is 0.255 e. The lowest BCUT2D eigenvalue weighted by Crippen LogP contribution is -2.12. The van der Waals surface area contributed by atoms with Gasteiger partial charge >= 0.3 is 0 Å². The summed E-state index contributed by atoms with van der Waals surface area (Å²) in [7, 11) is 0. The van der Waals surface area contributed by atoms with E-state index in [2.05, 4.69) is 17.2 Å². The number of hydrogen-bond donors (Lipinski definition) is 2. The van der Waals surface area contributed by atoms with Crippen LogP contribution in [0.5, 0.6) is 0 Å². The van der Waals surface area contributed by atoms with E-state index >= 15 is 0 Å². The van der Waals surface area contributed by atoms with Crippen LogP contribution in [0.3, 0.4) is 0 Å². The molecule has 0 saturated heterocycles. The van der Waals surface area contributed by atoms with Gasteiger partial charge in [0, 0.05) is 22.7 Å². The zero-order valence-corrected chi connectivity index (χ0v) is 13.8. The maximum absolute atomic E-state index is 12.3. The second kappa shape index (κ2) is 6.71. The molecule has 0 unspecified atom stereocenters. The molecular formula is C20H20N2O2. The Kier molecular flexibility index (Phi) is 4.47. The van der Waals surface area contributed by atoms with Gasteiger partial charge < -0.3 is 10.3 Å². The molecule has 4 nitrogen and oxygen atoms in total. The van der Waals surface area contributed by atoms with Crippen LogP contribution in [0.4, 0.5) is 5.69 Å². The minimum Gasteiger partial charge on any atom is -0.322 e. The number of fused-ring (bicyclic) bond motifs is 1. The number of carbonyl (C=O) groups excluding carboxylic acids is 1. The molecule has 1 aromatic heterocycles. The van der Waals surface area contributed by atoms with Crippen molar-refractivity contribution in [3.05, 3.63) is 75.6 Å². The van der Waals surface area contributed by atoms with Crippen molar-refractivity contribution in [2.45, 2.75) is 26.7 Å². The Bertz CT molecular complexity index is 940. The molecule has 4 heteroatoms. The van der Waals surface area contributed by atoms with Gasteiger partial charge in [0.2, 0.25) is 5.56 Å².